The van der Waals surface area contributed by atoms with E-state index in [-0.39, 0.29) is 5.91 Å². The summed E-state index contributed by atoms with van der Waals surface area (Å²) < 4.78 is 7.48. The fourth-order valence-electron chi connectivity index (χ4n) is 2.35. The van der Waals surface area contributed by atoms with Crippen LogP contribution in [0.5, 0.6) is 5.75 Å². The van der Waals surface area contributed by atoms with Gasteiger partial charge in [-0.15, -0.1) is 11.3 Å². The van der Waals surface area contributed by atoms with Crippen molar-refractivity contribution in [3.05, 3.63) is 69.1 Å². The van der Waals surface area contributed by atoms with E-state index in [0.29, 0.717) is 28.8 Å². The first-order chi connectivity index (χ1) is 12.0. The number of carbonyl (C=O) groups is 1. The summed E-state index contributed by atoms with van der Waals surface area (Å²) in [5.74, 6) is 0.695. The number of halogens is 1. The molecule has 0 atom stereocenters. The zero-order chi connectivity index (χ0) is 17.8. The van der Waals surface area contributed by atoms with Crippen molar-refractivity contribution in [2.24, 2.45) is 7.05 Å². The zero-order valence-corrected chi connectivity index (χ0v) is 15.5. The zero-order valence-electron chi connectivity index (χ0n) is 14.0. The molecular weight excluding hydrogens is 358 g/mol. The van der Waals surface area contributed by atoms with Gasteiger partial charge in [0.15, 0.2) is 0 Å². The van der Waals surface area contributed by atoms with Gasteiger partial charge in [-0.05, 0) is 35.7 Å². The van der Waals surface area contributed by atoms with Gasteiger partial charge in [0, 0.05) is 30.9 Å². The van der Waals surface area contributed by atoms with Gasteiger partial charge in [-0.1, -0.05) is 17.7 Å². The fraction of sp³-hybridized carbons (Fsp3) is 0.222. The number of hydrogen-bond donors (Lipinski definition) is 0. The van der Waals surface area contributed by atoms with Gasteiger partial charge in [-0.25, -0.2) is 0 Å². The van der Waals surface area contributed by atoms with E-state index in [1.165, 1.54) is 11.3 Å². The number of rotatable bonds is 6. The molecule has 7 heteroatoms. The number of nitrogens with zero attached hydrogens (tertiary/aromatic N) is 3. The molecule has 0 aliphatic carbocycles. The Kier molecular flexibility index (Phi) is 5.40. The van der Waals surface area contributed by atoms with Gasteiger partial charge in [0.25, 0.3) is 5.91 Å². The molecule has 1 amide bonds. The van der Waals surface area contributed by atoms with E-state index < -0.39 is 0 Å². The van der Waals surface area contributed by atoms with E-state index >= 15 is 0 Å². The number of thiophene rings is 1. The molecule has 0 bridgehead atoms. The highest BCUT2D eigenvalue weighted by Gasteiger charge is 2.16. The normalized spacial score (nSPS) is 10.7. The van der Waals surface area contributed by atoms with Crippen LogP contribution < -0.4 is 4.74 Å². The maximum absolute atomic E-state index is 12.6. The second-order valence-electron chi connectivity index (χ2n) is 5.67. The minimum Gasteiger partial charge on any atom is -0.489 e. The van der Waals surface area contributed by atoms with Gasteiger partial charge in [-0.3, -0.25) is 9.48 Å². The summed E-state index contributed by atoms with van der Waals surface area (Å²) in [7, 11) is 3.65. The molecule has 0 saturated heterocycles. The Bertz CT molecular complexity index is 875. The van der Waals surface area contributed by atoms with Crippen molar-refractivity contribution in [3.63, 3.8) is 0 Å². The second kappa shape index (κ2) is 7.72. The smallest absolute Gasteiger partial charge is 0.264 e. The highest BCUT2D eigenvalue weighted by molar-refractivity contribution is 7.12. The predicted octanol–water partition coefficient (Wildman–Crippen LogP) is 3.99. The first kappa shape index (κ1) is 17.5. The summed E-state index contributed by atoms with van der Waals surface area (Å²) in [6, 6.07) is 11.0. The van der Waals surface area contributed by atoms with Crippen molar-refractivity contribution >= 4 is 28.8 Å². The third-order valence-electron chi connectivity index (χ3n) is 3.73. The SMILES string of the molecule is CN(Cc1ccnn1C)C(=O)c1cc(COc2cccc(Cl)c2)cs1. The van der Waals surface area contributed by atoms with Gasteiger partial charge in [0.2, 0.25) is 0 Å². The van der Waals surface area contributed by atoms with Crippen molar-refractivity contribution < 1.29 is 9.53 Å². The molecule has 0 N–H and O–H groups in total. The summed E-state index contributed by atoms with van der Waals surface area (Å²) in [6.07, 6.45) is 1.73. The molecule has 0 unspecified atom stereocenters. The number of aryl methyl sites for hydroxylation is 1. The molecule has 2 heterocycles. The highest BCUT2D eigenvalue weighted by Crippen LogP contribution is 2.21. The highest BCUT2D eigenvalue weighted by atomic mass is 35.5. The van der Waals surface area contributed by atoms with Crippen molar-refractivity contribution in [1.82, 2.24) is 14.7 Å². The average molecular weight is 376 g/mol. The van der Waals surface area contributed by atoms with Crippen molar-refractivity contribution in [2.75, 3.05) is 7.05 Å². The van der Waals surface area contributed by atoms with E-state index in [4.69, 9.17) is 16.3 Å². The Labute approximate surface area is 155 Å². The van der Waals surface area contributed by atoms with Crippen LogP contribution in [0, 0.1) is 0 Å². The predicted molar refractivity (Wildman–Crippen MR) is 99.1 cm³/mol. The van der Waals surface area contributed by atoms with Crippen LogP contribution in [0.4, 0.5) is 0 Å². The van der Waals surface area contributed by atoms with E-state index in [2.05, 4.69) is 5.10 Å². The molecule has 0 saturated carbocycles. The minimum absolute atomic E-state index is 0.0137. The molecule has 0 aliphatic heterocycles. The Balaban J connectivity index is 1.60. The number of carbonyl (C=O) groups excluding carboxylic acids is 1. The summed E-state index contributed by atoms with van der Waals surface area (Å²) in [6.45, 7) is 0.914. The van der Waals surface area contributed by atoms with Crippen LogP contribution >= 0.6 is 22.9 Å². The van der Waals surface area contributed by atoms with Gasteiger partial charge < -0.3 is 9.64 Å². The van der Waals surface area contributed by atoms with Crippen LogP contribution in [-0.4, -0.2) is 27.6 Å². The van der Waals surface area contributed by atoms with E-state index in [1.807, 2.05) is 36.7 Å². The van der Waals surface area contributed by atoms with Crippen LogP contribution in [0.2, 0.25) is 5.02 Å². The molecule has 0 radical (unpaired) electrons. The van der Waals surface area contributed by atoms with Gasteiger partial charge >= 0.3 is 0 Å². The molecule has 3 aromatic rings. The fourth-order valence-corrected chi connectivity index (χ4v) is 3.42. The Hall–Kier alpha value is -2.31. The third kappa shape index (κ3) is 4.41. The molecule has 3 rings (SSSR count). The Morgan fingerprint density at radius 2 is 2.20 bits per heavy atom. The molecule has 5 nitrogen and oxygen atoms in total. The lowest BCUT2D eigenvalue weighted by Crippen LogP contribution is -2.26. The Morgan fingerprint density at radius 3 is 2.92 bits per heavy atom. The molecule has 25 heavy (non-hydrogen) atoms. The maximum Gasteiger partial charge on any atom is 0.264 e. The quantitative estimate of drug-likeness (QED) is 0.654. The topological polar surface area (TPSA) is 47.4 Å². The molecule has 130 valence electrons. The van der Waals surface area contributed by atoms with Crippen LogP contribution in [0.25, 0.3) is 0 Å². The molecule has 1 aromatic carbocycles. The summed E-state index contributed by atoms with van der Waals surface area (Å²) in [4.78, 5) is 14.9. The van der Waals surface area contributed by atoms with E-state index in [1.54, 1.807) is 35.0 Å². The van der Waals surface area contributed by atoms with Crippen LogP contribution in [0.3, 0.4) is 0 Å². The lowest BCUT2D eigenvalue weighted by atomic mass is 10.3. The Morgan fingerprint density at radius 1 is 1.36 bits per heavy atom. The molecule has 0 fully saturated rings. The summed E-state index contributed by atoms with van der Waals surface area (Å²) in [5, 5.41) is 6.70. The first-order valence-electron chi connectivity index (χ1n) is 7.71. The van der Waals surface area contributed by atoms with Crippen molar-refractivity contribution in [2.45, 2.75) is 13.2 Å². The second-order valence-corrected chi connectivity index (χ2v) is 7.02. The lowest BCUT2D eigenvalue weighted by molar-refractivity contribution is 0.0786. The van der Waals surface area contributed by atoms with Crippen molar-refractivity contribution in [3.8, 4) is 5.75 Å². The van der Waals surface area contributed by atoms with E-state index in [9.17, 15) is 4.79 Å². The monoisotopic (exact) mass is 375 g/mol. The number of hydrogen-bond acceptors (Lipinski definition) is 4. The summed E-state index contributed by atoms with van der Waals surface area (Å²) in [5.41, 5.74) is 1.94. The van der Waals surface area contributed by atoms with Crippen LogP contribution in [0.1, 0.15) is 20.9 Å². The van der Waals surface area contributed by atoms with Gasteiger partial charge in [-0.2, -0.15) is 5.10 Å². The molecule has 2 aromatic heterocycles. The van der Waals surface area contributed by atoms with Crippen LogP contribution in [-0.2, 0) is 20.2 Å². The van der Waals surface area contributed by atoms with Gasteiger partial charge in [0.05, 0.1) is 17.1 Å². The molecule has 0 spiro atoms. The van der Waals surface area contributed by atoms with Gasteiger partial charge in [0.1, 0.15) is 12.4 Å². The number of benzene rings is 1. The first-order valence-corrected chi connectivity index (χ1v) is 8.97. The van der Waals surface area contributed by atoms with E-state index in [0.717, 1.165) is 11.3 Å². The minimum atomic E-state index is -0.0137. The molecular formula is C18H18ClN3O2S. The largest absolute Gasteiger partial charge is 0.489 e. The lowest BCUT2D eigenvalue weighted by Gasteiger charge is -2.16. The number of aromatic nitrogens is 2. The summed E-state index contributed by atoms with van der Waals surface area (Å²) >= 11 is 7.36. The third-order valence-corrected chi connectivity index (χ3v) is 4.94. The number of ether oxygens (including phenoxy) is 1. The maximum atomic E-state index is 12.6. The standard InChI is InChI=1S/C18H18ClN3O2S/c1-21(10-15-6-7-20-22(15)2)18(23)17-8-13(12-25-17)11-24-16-5-3-4-14(19)9-16/h3-9,12H,10-11H2,1-2H3. The van der Waals surface area contributed by atoms with Crippen molar-refractivity contribution in [1.29, 1.82) is 0 Å². The molecule has 0 aliphatic rings. The van der Waals surface area contributed by atoms with Crippen LogP contribution in [0.15, 0.2) is 48.0 Å². The average Bonchev–Trinajstić information content (AvgIpc) is 3.22. The number of amides is 1.